The predicted molar refractivity (Wildman–Crippen MR) is 112 cm³/mol. The zero-order chi connectivity index (χ0) is 21.3. The van der Waals surface area contributed by atoms with Gasteiger partial charge in [-0.3, -0.25) is 9.59 Å². The van der Waals surface area contributed by atoms with Crippen LogP contribution in [0.4, 0.5) is 0 Å². The number of nitrogens with zero attached hydrogens (tertiary/aromatic N) is 1. The molecule has 1 aromatic heterocycles. The maximum absolute atomic E-state index is 12.9. The van der Waals surface area contributed by atoms with Crippen LogP contribution in [-0.2, 0) is 27.3 Å². The highest BCUT2D eigenvalue weighted by molar-refractivity contribution is 6.01. The molecule has 0 saturated carbocycles. The van der Waals surface area contributed by atoms with E-state index in [1.165, 1.54) is 12.0 Å². The molecule has 1 aliphatic rings. The van der Waals surface area contributed by atoms with Gasteiger partial charge in [-0.2, -0.15) is 0 Å². The summed E-state index contributed by atoms with van der Waals surface area (Å²) in [5, 5.41) is 3.76. The number of hydrogen-bond acceptors (Lipinski definition) is 4. The number of rotatable bonds is 6. The number of aromatic nitrogens is 1. The first kappa shape index (κ1) is 19.7. The molecule has 0 bridgehead atoms. The van der Waals surface area contributed by atoms with Crippen molar-refractivity contribution >= 4 is 28.7 Å². The molecule has 2 aromatic carbocycles. The predicted octanol–water partition coefficient (Wildman–Crippen LogP) is 2.41. The van der Waals surface area contributed by atoms with E-state index in [1.54, 1.807) is 19.1 Å². The number of nitrogens with one attached hydrogen (secondary N) is 2. The quantitative estimate of drug-likeness (QED) is 0.616. The fourth-order valence-electron chi connectivity index (χ4n) is 3.88. The standard InChI is InChI=1S/C23H23N3O4/c1-14(26-13-15-7-3-4-9-18(15)22(26)28)21(27)25-20(23(29)30-2)11-16-12-24-19-10-6-5-8-17(16)19/h3-10,12,14,20,24H,11,13H2,1-2H3,(H,25,27)/t14-,20+/m0/s1. The molecule has 2 atom stereocenters. The number of para-hydroxylation sites is 1. The lowest BCUT2D eigenvalue weighted by atomic mass is 10.0. The fourth-order valence-corrected chi connectivity index (χ4v) is 3.88. The Kier molecular flexibility index (Phi) is 5.27. The van der Waals surface area contributed by atoms with Crippen LogP contribution >= 0.6 is 0 Å². The van der Waals surface area contributed by atoms with Crippen LogP contribution in [0.1, 0.15) is 28.4 Å². The van der Waals surface area contributed by atoms with Crippen molar-refractivity contribution in [3.8, 4) is 0 Å². The largest absolute Gasteiger partial charge is 0.467 e. The van der Waals surface area contributed by atoms with Crippen LogP contribution in [0.2, 0.25) is 0 Å². The molecule has 7 nitrogen and oxygen atoms in total. The summed E-state index contributed by atoms with van der Waals surface area (Å²) in [4.78, 5) is 42.7. The zero-order valence-electron chi connectivity index (χ0n) is 16.8. The van der Waals surface area contributed by atoms with Gasteiger partial charge in [-0.1, -0.05) is 36.4 Å². The van der Waals surface area contributed by atoms with E-state index in [9.17, 15) is 14.4 Å². The lowest BCUT2D eigenvalue weighted by Crippen LogP contribution is -2.51. The van der Waals surface area contributed by atoms with Crippen molar-refractivity contribution in [3.63, 3.8) is 0 Å². The van der Waals surface area contributed by atoms with E-state index in [2.05, 4.69) is 10.3 Å². The fraction of sp³-hybridized carbons (Fsp3) is 0.261. The van der Waals surface area contributed by atoms with E-state index in [-0.39, 0.29) is 12.3 Å². The molecule has 154 valence electrons. The van der Waals surface area contributed by atoms with Gasteiger partial charge in [0.15, 0.2) is 0 Å². The number of aromatic amines is 1. The Morgan fingerprint density at radius 1 is 1.17 bits per heavy atom. The minimum Gasteiger partial charge on any atom is -0.467 e. The molecule has 2 amide bonds. The summed E-state index contributed by atoms with van der Waals surface area (Å²) in [6, 6.07) is 13.5. The number of H-pyrrole nitrogens is 1. The first-order valence-electron chi connectivity index (χ1n) is 9.81. The van der Waals surface area contributed by atoms with Gasteiger partial charge in [0.2, 0.25) is 5.91 Å². The van der Waals surface area contributed by atoms with Crippen LogP contribution in [0.5, 0.6) is 0 Å². The third kappa shape index (κ3) is 3.54. The smallest absolute Gasteiger partial charge is 0.328 e. The van der Waals surface area contributed by atoms with Gasteiger partial charge < -0.3 is 19.9 Å². The molecular weight excluding hydrogens is 382 g/mol. The highest BCUT2D eigenvalue weighted by Crippen LogP contribution is 2.24. The first-order valence-corrected chi connectivity index (χ1v) is 9.81. The molecule has 0 saturated heterocycles. The van der Waals surface area contributed by atoms with E-state index in [4.69, 9.17) is 4.74 Å². The van der Waals surface area contributed by atoms with Crippen molar-refractivity contribution in [1.82, 2.24) is 15.2 Å². The van der Waals surface area contributed by atoms with Crippen LogP contribution in [0, 0.1) is 0 Å². The minimum atomic E-state index is -0.857. The maximum atomic E-state index is 12.9. The molecule has 1 aliphatic heterocycles. The summed E-state index contributed by atoms with van der Waals surface area (Å²) in [7, 11) is 1.29. The van der Waals surface area contributed by atoms with Crippen LogP contribution in [-0.4, -0.2) is 46.9 Å². The van der Waals surface area contributed by atoms with E-state index in [1.807, 2.05) is 42.6 Å². The van der Waals surface area contributed by atoms with Gasteiger partial charge in [0, 0.05) is 35.6 Å². The molecule has 0 aliphatic carbocycles. The highest BCUT2D eigenvalue weighted by Gasteiger charge is 2.35. The molecule has 4 rings (SSSR count). The summed E-state index contributed by atoms with van der Waals surface area (Å²) in [6.07, 6.45) is 2.11. The Balaban J connectivity index is 1.50. The Morgan fingerprint density at radius 3 is 2.67 bits per heavy atom. The van der Waals surface area contributed by atoms with Crippen molar-refractivity contribution < 1.29 is 19.1 Å². The number of methoxy groups -OCH3 is 1. The van der Waals surface area contributed by atoms with Crippen molar-refractivity contribution in [2.75, 3.05) is 7.11 Å². The maximum Gasteiger partial charge on any atom is 0.328 e. The Labute approximate surface area is 174 Å². The van der Waals surface area contributed by atoms with Crippen LogP contribution in [0.25, 0.3) is 10.9 Å². The zero-order valence-corrected chi connectivity index (χ0v) is 16.8. The van der Waals surface area contributed by atoms with Gasteiger partial charge in [0.25, 0.3) is 5.91 Å². The molecule has 2 heterocycles. The second kappa shape index (κ2) is 8.02. The van der Waals surface area contributed by atoms with Crippen molar-refractivity contribution in [1.29, 1.82) is 0 Å². The molecular formula is C23H23N3O4. The number of amides is 2. The Hall–Kier alpha value is -3.61. The molecule has 3 aromatic rings. The summed E-state index contributed by atoms with van der Waals surface area (Å²) in [5.74, 6) is -1.11. The number of ether oxygens (including phenoxy) is 1. The molecule has 0 spiro atoms. The highest BCUT2D eigenvalue weighted by atomic mass is 16.5. The number of benzene rings is 2. The Morgan fingerprint density at radius 2 is 1.90 bits per heavy atom. The number of carbonyl (C=O) groups is 3. The van der Waals surface area contributed by atoms with Crippen molar-refractivity contribution in [2.45, 2.75) is 32.0 Å². The minimum absolute atomic E-state index is 0.181. The average molecular weight is 405 g/mol. The Bertz CT molecular complexity index is 1120. The van der Waals surface area contributed by atoms with Crippen LogP contribution in [0.3, 0.4) is 0 Å². The SMILES string of the molecule is COC(=O)[C@@H](Cc1c[nH]c2ccccc12)NC(=O)[C@H](C)N1Cc2ccccc2C1=O. The molecule has 0 fully saturated rings. The number of esters is 1. The van der Waals surface area contributed by atoms with Crippen molar-refractivity contribution in [2.24, 2.45) is 0 Å². The molecule has 7 heteroatoms. The summed E-state index contributed by atoms with van der Waals surface area (Å²) in [6.45, 7) is 2.04. The van der Waals surface area contributed by atoms with Gasteiger partial charge in [0.05, 0.1) is 7.11 Å². The monoisotopic (exact) mass is 405 g/mol. The lowest BCUT2D eigenvalue weighted by molar-refractivity contribution is -0.145. The van der Waals surface area contributed by atoms with Gasteiger partial charge in [-0.05, 0) is 30.2 Å². The first-order chi connectivity index (χ1) is 14.5. The summed E-state index contributed by atoms with van der Waals surface area (Å²) >= 11 is 0. The third-order valence-electron chi connectivity index (χ3n) is 5.60. The summed E-state index contributed by atoms with van der Waals surface area (Å²) < 4.78 is 4.91. The van der Waals surface area contributed by atoms with E-state index >= 15 is 0 Å². The number of carbonyl (C=O) groups excluding carboxylic acids is 3. The average Bonchev–Trinajstić information content (AvgIpc) is 3.33. The normalized spacial score (nSPS) is 15.0. The molecule has 2 N–H and O–H groups in total. The summed E-state index contributed by atoms with van der Waals surface area (Å²) in [5.41, 5.74) is 3.36. The lowest BCUT2D eigenvalue weighted by Gasteiger charge is -2.25. The number of hydrogen-bond donors (Lipinski definition) is 2. The second-order valence-corrected chi connectivity index (χ2v) is 7.41. The van der Waals surface area contributed by atoms with Crippen LogP contribution < -0.4 is 5.32 Å². The van der Waals surface area contributed by atoms with Crippen LogP contribution in [0.15, 0.2) is 54.7 Å². The van der Waals surface area contributed by atoms with Gasteiger partial charge >= 0.3 is 5.97 Å². The third-order valence-corrected chi connectivity index (χ3v) is 5.60. The molecule has 0 unspecified atom stereocenters. The molecule has 30 heavy (non-hydrogen) atoms. The van der Waals surface area contributed by atoms with E-state index < -0.39 is 24.0 Å². The van der Waals surface area contributed by atoms with Crippen molar-refractivity contribution in [3.05, 3.63) is 71.4 Å². The van der Waals surface area contributed by atoms with E-state index in [0.29, 0.717) is 12.1 Å². The van der Waals surface area contributed by atoms with E-state index in [0.717, 1.165) is 22.0 Å². The second-order valence-electron chi connectivity index (χ2n) is 7.41. The molecule has 0 radical (unpaired) electrons. The van der Waals surface area contributed by atoms with Gasteiger partial charge in [-0.25, -0.2) is 4.79 Å². The van der Waals surface area contributed by atoms with Gasteiger partial charge in [0.1, 0.15) is 12.1 Å². The van der Waals surface area contributed by atoms with Gasteiger partial charge in [-0.15, -0.1) is 0 Å². The number of fused-ring (bicyclic) bond motifs is 2. The topological polar surface area (TPSA) is 91.5 Å².